The van der Waals surface area contributed by atoms with Crippen LogP contribution in [0.1, 0.15) is 11.3 Å². The second-order valence-corrected chi connectivity index (χ2v) is 8.38. The molecule has 2 aromatic carbocycles. The summed E-state index contributed by atoms with van der Waals surface area (Å²) in [5.74, 6) is 2.65. The molecule has 0 saturated carbocycles. The number of furan rings is 1. The minimum atomic E-state index is 0.680. The molecule has 148 valence electrons. The first kappa shape index (κ1) is 19.9. The molecule has 0 fully saturated rings. The van der Waals surface area contributed by atoms with Crippen molar-refractivity contribution in [1.82, 2.24) is 25.5 Å². The van der Waals surface area contributed by atoms with E-state index in [4.69, 9.17) is 4.42 Å². The fraction of sp³-hybridized carbons (Fsp3) is 0.190. The summed E-state index contributed by atoms with van der Waals surface area (Å²) in [4.78, 5) is 0. The number of aryl methyl sites for hydroxylation is 1. The molecule has 0 amide bonds. The number of hydrogen-bond acceptors (Lipinski definition) is 6. The van der Waals surface area contributed by atoms with E-state index < -0.39 is 0 Å². The molecule has 0 aliphatic heterocycles. The lowest BCUT2D eigenvalue weighted by molar-refractivity contribution is 0.499. The van der Waals surface area contributed by atoms with Crippen LogP contribution in [0.15, 0.2) is 74.7 Å². The third-order valence-corrected chi connectivity index (χ3v) is 6.17. The molecular formula is C21H20BrN5OS. The molecule has 1 N–H and O–H groups in total. The quantitative estimate of drug-likeness (QED) is 0.293. The zero-order valence-corrected chi connectivity index (χ0v) is 18.3. The summed E-state index contributed by atoms with van der Waals surface area (Å²) in [7, 11) is 0. The average Bonchev–Trinajstić information content (AvgIpc) is 3.40. The molecule has 0 saturated heterocycles. The van der Waals surface area contributed by atoms with E-state index in [0.717, 1.165) is 44.7 Å². The van der Waals surface area contributed by atoms with Gasteiger partial charge in [0, 0.05) is 22.3 Å². The van der Waals surface area contributed by atoms with Crippen molar-refractivity contribution in [2.24, 2.45) is 0 Å². The predicted molar refractivity (Wildman–Crippen MR) is 118 cm³/mol. The Morgan fingerprint density at radius 3 is 2.79 bits per heavy atom. The molecule has 0 bridgehead atoms. The van der Waals surface area contributed by atoms with Crippen molar-refractivity contribution >= 4 is 27.7 Å². The van der Waals surface area contributed by atoms with E-state index in [2.05, 4.69) is 55.8 Å². The molecule has 4 aromatic rings. The molecular weight excluding hydrogens is 450 g/mol. The van der Waals surface area contributed by atoms with Gasteiger partial charge in [-0.3, -0.25) is 0 Å². The van der Waals surface area contributed by atoms with Gasteiger partial charge in [0.1, 0.15) is 11.5 Å². The Hall–Kier alpha value is -2.42. The lowest BCUT2D eigenvalue weighted by atomic mass is 10.1. The number of benzene rings is 2. The first-order valence-corrected chi connectivity index (χ1v) is 11.0. The molecule has 29 heavy (non-hydrogen) atoms. The van der Waals surface area contributed by atoms with Gasteiger partial charge in [-0.05, 0) is 59.3 Å². The molecule has 0 spiro atoms. The van der Waals surface area contributed by atoms with Crippen molar-refractivity contribution in [3.05, 3.63) is 76.5 Å². The summed E-state index contributed by atoms with van der Waals surface area (Å²) >= 11 is 5.15. The summed E-state index contributed by atoms with van der Waals surface area (Å²) in [6.45, 7) is 3.57. The number of halogens is 1. The van der Waals surface area contributed by atoms with Crippen LogP contribution in [0.5, 0.6) is 0 Å². The highest BCUT2D eigenvalue weighted by Crippen LogP contribution is 2.26. The van der Waals surface area contributed by atoms with E-state index in [1.165, 1.54) is 5.56 Å². The van der Waals surface area contributed by atoms with E-state index in [1.807, 2.05) is 48.5 Å². The van der Waals surface area contributed by atoms with E-state index >= 15 is 0 Å². The SMILES string of the molecule is Cc1cc(-c2ccc(CNCCSc3nnnn3-c3ccccc3)o2)ccc1Br. The van der Waals surface area contributed by atoms with Gasteiger partial charge in [0.2, 0.25) is 5.16 Å². The van der Waals surface area contributed by atoms with Crippen LogP contribution in [-0.2, 0) is 6.54 Å². The Morgan fingerprint density at radius 1 is 1.10 bits per heavy atom. The third kappa shape index (κ3) is 4.95. The minimum Gasteiger partial charge on any atom is -0.460 e. The fourth-order valence-electron chi connectivity index (χ4n) is 2.85. The van der Waals surface area contributed by atoms with Gasteiger partial charge < -0.3 is 9.73 Å². The highest BCUT2D eigenvalue weighted by molar-refractivity contribution is 9.10. The zero-order valence-electron chi connectivity index (χ0n) is 15.9. The molecule has 6 nitrogen and oxygen atoms in total. The molecule has 0 aliphatic rings. The zero-order chi connectivity index (χ0) is 20.1. The smallest absolute Gasteiger partial charge is 0.214 e. The van der Waals surface area contributed by atoms with Crippen molar-refractivity contribution < 1.29 is 4.42 Å². The lowest BCUT2D eigenvalue weighted by Gasteiger charge is -2.05. The standard InChI is InChI=1S/C21H20BrN5OS/c1-15-13-16(7-9-19(15)22)20-10-8-18(28-20)14-23-11-12-29-21-24-25-26-27(21)17-5-3-2-4-6-17/h2-10,13,23H,11-12,14H2,1H3. The average molecular weight is 470 g/mol. The third-order valence-electron chi connectivity index (χ3n) is 4.36. The molecule has 4 rings (SSSR count). The molecule has 8 heteroatoms. The van der Waals surface area contributed by atoms with Gasteiger partial charge in [0.15, 0.2) is 0 Å². The van der Waals surface area contributed by atoms with Gasteiger partial charge in [-0.15, -0.1) is 5.10 Å². The summed E-state index contributed by atoms with van der Waals surface area (Å²) in [5.41, 5.74) is 3.23. The number of hydrogen-bond donors (Lipinski definition) is 1. The first-order valence-electron chi connectivity index (χ1n) is 9.23. The number of para-hydroxylation sites is 1. The number of thioether (sulfide) groups is 1. The Labute approximate surface area is 181 Å². The Kier molecular flexibility index (Phi) is 6.43. The van der Waals surface area contributed by atoms with Crippen molar-refractivity contribution in [2.75, 3.05) is 12.3 Å². The molecule has 0 atom stereocenters. The number of tetrazole rings is 1. The fourth-order valence-corrected chi connectivity index (χ4v) is 3.89. The van der Waals surface area contributed by atoms with E-state index in [-0.39, 0.29) is 0 Å². The molecule has 2 heterocycles. The normalized spacial score (nSPS) is 11.1. The second kappa shape index (κ2) is 9.39. The highest BCUT2D eigenvalue weighted by atomic mass is 79.9. The van der Waals surface area contributed by atoms with Gasteiger partial charge >= 0.3 is 0 Å². The first-order chi connectivity index (χ1) is 14.2. The van der Waals surface area contributed by atoms with Gasteiger partial charge in [-0.2, -0.15) is 4.68 Å². The van der Waals surface area contributed by atoms with E-state index in [1.54, 1.807) is 16.4 Å². The molecule has 0 unspecified atom stereocenters. The van der Waals surface area contributed by atoms with E-state index in [9.17, 15) is 0 Å². The number of nitrogens with one attached hydrogen (secondary N) is 1. The van der Waals surface area contributed by atoms with Crippen molar-refractivity contribution in [1.29, 1.82) is 0 Å². The largest absolute Gasteiger partial charge is 0.460 e. The highest BCUT2D eigenvalue weighted by Gasteiger charge is 2.09. The van der Waals surface area contributed by atoms with Crippen LogP contribution in [0, 0.1) is 6.92 Å². The monoisotopic (exact) mass is 469 g/mol. The molecule has 2 aromatic heterocycles. The predicted octanol–water partition coefficient (Wildman–Crippen LogP) is 4.88. The van der Waals surface area contributed by atoms with Crippen molar-refractivity contribution in [3.8, 4) is 17.0 Å². The van der Waals surface area contributed by atoms with Crippen LogP contribution < -0.4 is 5.32 Å². The Morgan fingerprint density at radius 2 is 1.97 bits per heavy atom. The van der Waals surface area contributed by atoms with Gasteiger partial charge in [0.05, 0.1) is 12.2 Å². The number of rotatable bonds is 8. The minimum absolute atomic E-state index is 0.680. The van der Waals surface area contributed by atoms with Gasteiger partial charge in [-0.25, -0.2) is 0 Å². The molecule has 0 aliphatic carbocycles. The molecule has 0 radical (unpaired) electrons. The van der Waals surface area contributed by atoms with Crippen molar-refractivity contribution in [2.45, 2.75) is 18.6 Å². The van der Waals surface area contributed by atoms with E-state index in [0.29, 0.717) is 6.54 Å². The maximum Gasteiger partial charge on any atom is 0.214 e. The lowest BCUT2D eigenvalue weighted by Crippen LogP contribution is -2.16. The van der Waals surface area contributed by atoms with Gasteiger partial charge in [0.25, 0.3) is 0 Å². The van der Waals surface area contributed by atoms with Crippen LogP contribution >= 0.6 is 27.7 Å². The number of aromatic nitrogens is 4. The Balaban J connectivity index is 1.26. The second-order valence-electron chi connectivity index (χ2n) is 6.46. The van der Waals surface area contributed by atoms with Crippen LogP contribution in [0.2, 0.25) is 0 Å². The summed E-state index contributed by atoms with van der Waals surface area (Å²) in [5, 5.41) is 16.2. The summed E-state index contributed by atoms with van der Waals surface area (Å²) < 4.78 is 8.83. The maximum atomic E-state index is 5.97. The van der Waals surface area contributed by atoms with Crippen molar-refractivity contribution in [3.63, 3.8) is 0 Å². The number of nitrogens with zero attached hydrogens (tertiary/aromatic N) is 4. The van der Waals surface area contributed by atoms with Crippen LogP contribution in [0.3, 0.4) is 0 Å². The summed E-state index contributed by atoms with van der Waals surface area (Å²) in [6, 6.07) is 20.1. The maximum absolute atomic E-state index is 5.97. The van der Waals surface area contributed by atoms with Crippen LogP contribution in [-0.4, -0.2) is 32.5 Å². The van der Waals surface area contributed by atoms with Gasteiger partial charge in [-0.1, -0.05) is 52.0 Å². The topological polar surface area (TPSA) is 68.8 Å². The van der Waals surface area contributed by atoms with Crippen LogP contribution in [0.4, 0.5) is 0 Å². The van der Waals surface area contributed by atoms with Crippen LogP contribution in [0.25, 0.3) is 17.0 Å². The Bertz CT molecular complexity index is 1080. The summed E-state index contributed by atoms with van der Waals surface area (Å²) in [6.07, 6.45) is 0.